The molecule has 0 amide bonds. The van der Waals surface area contributed by atoms with Crippen LogP contribution in [0, 0.1) is 0 Å². The molecule has 0 aliphatic carbocycles. The number of aromatic hydroxyl groups is 1. The van der Waals surface area contributed by atoms with Gasteiger partial charge in [-0.2, -0.15) is 0 Å². The monoisotopic (exact) mass is 251 g/mol. The van der Waals surface area contributed by atoms with Crippen LogP contribution in [-0.4, -0.2) is 15.1 Å². The van der Waals surface area contributed by atoms with Crippen LogP contribution in [0.1, 0.15) is 11.1 Å². The zero-order chi connectivity index (χ0) is 12.8. The summed E-state index contributed by atoms with van der Waals surface area (Å²) in [6, 6.07) is 11.6. The molecule has 0 saturated heterocycles. The number of benzene rings is 2. The summed E-state index contributed by atoms with van der Waals surface area (Å²) in [6.45, 7) is 1.87. The fourth-order valence-electron chi connectivity index (χ4n) is 2.58. The number of imidazole rings is 1. The van der Waals surface area contributed by atoms with Gasteiger partial charge in [0.15, 0.2) is 0 Å². The predicted octanol–water partition coefficient (Wildman–Crippen LogP) is 2.54. The van der Waals surface area contributed by atoms with Crippen molar-refractivity contribution in [2.75, 3.05) is 0 Å². The molecule has 0 atom stereocenters. The topological polar surface area (TPSA) is 60.9 Å². The summed E-state index contributed by atoms with van der Waals surface area (Å²) in [4.78, 5) is 7.81. The van der Waals surface area contributed by atoms with E-state index in [1.165, 1.54) is 11.1 Å². The second-order valence-electron chi connectivity index (χ2n) is 4.87. The lowest BCUT2D eigenvalue weighted by molar-refractivity contribution is 0.476. The number of aromatic amines is 1. The molecule has 3 N–H and O–H groups in total. The van der Waals surface area contributed by atoms with E-state index >= 15 is 0 Å². The van der Waals surface area contributed by atoms with Gasteiger partial charge < -0.3 is 15.4 Å². The second kappa shape index (κ2) is 3.83. The third-order valence-corrected chi connectivity index (χ3v) is 3.58. The van der Waals surface area contributed by atoms with Gasteiger partial charge in [0.2, 0.25) is 0 Å². The van der Waals surface area contributed by atoms with E-state index in [1.54, 1.807) is 12.1 Å². The summed E-state index contributed by atoms with van der Waals surface area (Å²) < 4.78 is 0. The lowest BCUT2D eigenvalue weighted by atomic mass is 10.1. The number of hydrogen-bond acceptors (Lipinski definition) is 3. The maximum atomic E-state index is 9.48. The van der Waals surface area contributed by atoms with Crippen molar-refractivity contribution in [1.29, 1.82) is 0 Å². The summed E-state index contributed by atoms with van der Waals surface area (Å²) in [6.07, 6.45) is 0. The van der Waals surface area contributed by atoms with E-state index < -0.39 is 0 Å². The first kappa shape index (κ1) is 10.6. The van der Waals surface area contributed by atoms with Crippen LogP contribution in [0.3, 0.4) is 0 Å². The Morgan fingerprint density at radius 2 is 1.89 bits per heavy atom. The van der Waals surface area contributed by atoms with E-state index in [0.717, 1.165) is 35.5 Å². The number of phenols is 1. The normalized spacial score (nSPS) is 13.9. The minimum absolute atomic E-state index is 0.251. The van der Waals surface area contributed by atoms with E-state index in [-0.39, 0.29) is 5.75 Å². The molecule has 0 bridgehead atoms. The van der Waals surface area contributed by atoms with Crippen LogP contribution in [0.5, 0.6) is 5.75 Å². The van der Waals surface area contributed by atoms with Gasteiger partial charge in [0.25, 0.3) is 0 Å². The largest absolute Gasteiger partial charge is 0.508 e. The average molecular weight is 251 g/mol. The molecule has 1 aromatic heterocycles. The lowest BCUT2D eigenvalue weighted by Gasteiger charge is -2.01. The van der Waals surface area contributed by atoms with E-state index in [9.17, 15) is 5.11 Å². The molecule has 2 aromatic carbocycles. The molecule has 2 heterocycles. The molecule has 1 aliphatic rings. The van der Waals surface area contributed by atoms with Crippen LogP contribution in [0.15, 0.2) is 36.4 Å². The Hall–Kier alpha value is -2.33. The number of phenolic OH excluding ortho intramolecular Hbond substituents is 1. The second-order valence-corrected chi connectivity index (χ2v) is 4.87. The van der Waals surface area contributed by atoms with Crippen molar-refractivity contribution in [3.8, 4) is 17.1 Å². The third kappa shape index (κ3) is 1.69. The van der Waals surface area contributed by atoms with Gasteiger partial charge in [-0.05, 0) is 29.3 Å². The van der Waals surface area contributed by atoms with Crippen molar-refractivity contribution < 1.29 is 5.11 Å². The van der Waals surface area contributed by atoms with E-state index in [0.29, 0.717) is 0 Å². The van der Waals surface area contributed by atoms with Crippen molar-refractivity contribution in [2.24, 2.45) is 0 Å². The summed E-state index contributed by atoms with van der Waals surface area (Å²) in [7, 11) is 0. The maximum absolute atomic E-state index is 9.48. The molecular formula is C15H13N3O. The Bertz CT molecular complexity index is 776. The lowest BCUT2D eigenvalue weighted by Crippen LogP contribution is -1.99. The van der Waals surface area contributed by atoms with Crippen molar-refractivity contribution >= 4 is 11.0 Å². The Kier molecular flexibility index (Phi) is 2.13. The van der Waals surface area contributed by atoms with Crippen LogP contribution in [0.25, 0.3) is 22.4 Å². The Morgan fingerprint density at radius 3 is 2.84 bits per heavy atom. The number of aromatic nitrogens is 2. The Labute approximate surface area is 110 Å². The molecule has 1 aliphatic heterocycles. The van der Waals surface area contributed by atoms with Crippen molar-refractivity contribution in [3.05, 3.63) is 47.5 Å². The van der Waals surface area contributed by atoms with Gasteiger partial charge in [0.05, 0.1) is 11.0 Å². The van der Waals surface area contributed by atoms with Gasteiger partial charge in [-0.15, -0.1) is 0 Å². The smallest absolute Gasteiger partial charge is 0.138 e. The minimum Gasteiger partial charge on any atom is -0.508 e. The molecule has 4 heteroatoms. The first-order valence-corrected chi connectivity index (χ1v) is 6.31. The highest BCUT2D eigenvalue weighted by Crippen LogP contribution is 2.26. The number of fused-ring (bicyclic) bond motifs is 2. The highest BCUT2D eigenvalue weighted by atomic mass is 16.3. The van der Waals surface area contributed by atoms with Gasteiger partial charge in [-0.1, -0.05) is 12.1 Å². The molecule has 0 fully saturated rings. The summed E-state index contributed by atoms with van der Waals surface area (Å²) in [5, 5.41) is 12.8. The fourth-order valence-corrected chi connectivity index (χ4v) is 2.58. The van der Waals surface area contributed by atoms with Gasteiger partial charge in [-0.3, -0.25) is 0 Å². The van der Waals surface area contributed by atoms with Crippen LogP contribution in [0.4, 0.5) is 0 Å². The Balaban J connectivity index is 1.85. The highest BCUT2D eigenvalue weighted by Gasteiger charge is 2.12. The summed E-state index contributed by atoms with van der Waals surface area (Å²) in [5.74, 6) is 1.09. The number of H-pyrrole nitrogens is 1. The molecule has 0 spiro atoms. The molecule has 4 rings (SSSR count). The number of nitrogens with one attached hydrogen (secondary N) is 2. The summed E-state index contributed by atoms with van der Waals surface area (Å²) in [5.41, 5.74) is 5.50. The van der Waals surface area contributed by atoms with Crippen molar-refractivity contribution in [1.82, 2.24) is 15.3 Å². The minimum atomic E-state index is 0.251. The molecule has 3 aromatic rings. The summed E-state index contributed by atoms with van der Waals surface area (Å²) >= 11 is 0. The van der Waals surface area contributed by atoms with Gasteiger partial charge in [0, 0.05) is 24.7 Å². The van der Waals surface area contributed by atoms with Gasteiger partial charge >= 0.3 is 0 Å². The van der Waals surface area contributed by atoms with Crippen LogP contribution < -0.4 is 5.32 Å². The van der Waals surface area contributed by atoms with E-state index in [1.807, 2.05) is 6.07 Å². The zero-order valence-electron chi connectivity index (χ0n) is 10.3. The van der Waals surface area contributed by atoms with Crippen molar-refractivity contribution in [2.45, 2.75) is 13.1 Å². The highest BCUT2D eigenvalue weighted by molar-refractivity contribution is 5.80. The fraction of sp³-hybridized carbons (Fsp3) is 0.133. The molecule has 0 unspecified atom stereocenters. The standard InChI is InChI=1S/C15H13N3O/c19-12-3-4-13-14(6-12)18-15(17-13)9-1-2-10-7-16-8-11(10)5-9/h1-6,16,19H,7-8H2,(H,17,18). The van der Waals surface area contributed by atoms with Crippen LogP contribution >= 0.6 is 0 Å². The van der Waals surface area contributed by atoms with E-state index in [2.05, 4.69) is 33.5 Å². The Morgan fingerprint density at radius 1 is 1.00 bits per heavy atom. The van der Waals surface area contributed by atoms with Gasteiger partial charge in [-0.25, -0.2) is 4.98 Å². The van der Waals surface area contributed by atoms with Crippen LogP contribution in [-0.2, 0) is 13.1 Å². The van der Waals surface area contributed by atoms with E-state index in [4.69, 9.17) is 0 Å². The number of nitrogens with zero attached hydrogens (tertiary/aromatic N) is 1. The van der Waals surface area contributed by atoms with Gasteiger partial charge in [0.1, 0.15) is 11.6 Å². The molecule has 0 radical (unpaired) electrons. The van der Waals surface area contributed by atoms with Crippen molar-refractivity contribution in [3.63, 3.8) is 0 Å². The predicted molar refractivity (Wildman–Crippen MR) is 73.7 cm³/mol. The maximum Gasteiger partial charge on any atom is 0.138 e. The zero-order valence-corrected chi connectivity index (χ0v) is 10.3. The molecule has 19 heavy (non-hydrogen) atoms. The SMILES string of the molecule is Oc1ccc2nc(-c3ccc4c(c3)CNC4)[nH]c2c1. The first-order valence-electron chi connectivity index (χ1n) is 6.31. The number of rotatable bonds is 1. The average Bonchev–Trinajstić information content (AvgIpc) is 3.02. The third-order valence-electron chi connectivity index (χ3n) is 3.58. The molecule has 0 saturated carbocycles. The molecular weight excluding hydrogens is 238 g/mol. The quantitative estimate of drug-likeness (QED) is 0.623. The number of hydrogen-bond donors (Lipinski definition) is 3. The molecule has 4 nitrogen and oxygen atoms in total. The van der Waals surface area contributed by atoms with Crippen LogP contribution in [0.2, 0.25) is 0 Å². The molecule has 94 valence electrons. The first-order chi connectivity index (χ1) is 9.29.